The molecule has 140 valence electrons. The summed E-state index contributed by atoms with van der Waals surface area (Å²) in [5.74, 6) is 1.48. The van der Waals surface area contributed by atoms with Gasteiger partial charge in [-0.2, -0.15) is 0 Å². The van der Waals surface area contributed by atoms with Gasteiger partial charge < -0.3 is 18.9 Å². The van der Waals surface area contributed by atoms with Crippen LogP contribution in [0.3, 0.4) is 0 Å². The fraction of sp³-hybridized carbons (Fsp3) is 0.632. The van der Waals surface area contributed by atoms with Crippen LogP contribution in [0.15, 0.2) is 18.2 Å². The molecule has 0 unspecified atom stereocenters. The maximum atomic E-state index is 11.8. The van der Waals surface area contributed by atoms with Gasteiger partial charge in [0.05, 0.1) is 18.8 Å². The smallest absolute Gasteiger partial charge is 0.337 e. The molecule has 0 atom stereocenters. The van der Waals surface area contributed by atoms with Crippen molar-refractivity contribution in [2.45, 2.75) is 51.6 Å². The number of carbonyl (C=O) groups excluding carboxylic acids is 1. The number of benzene rings is 1. The van der Waals surface area contributed by atoms with Gasteiger partial charge in [0, 0.05) is 14.7 Å². The van der Waals surface area contributed by atoms with Crippen molar-refractivity contribution < 1.29 is 23.7 Å². The zero-order valence-electron chi connectivity index (χ0n) is 16.0. The molecule has 0 amide bonds. The minimum atomic E-state index is -1.12. The molecule has 0 N–H and O–H groups in total. The second-order valence-corrected chi connectivity index (χ2v) is 13.6. The van der Waals surface area contributed by atoms with Crippen LogP contribution in [0.2, 0.25) is 25.7 Å². The van der Waals surface area contributed by atoms with Crippen molar-refractivity contribution in [3.05, 3.63) is 23.8 Å². The number of hydrogen-bond donors (Lipinski definition) is 0. The molecule has 0 spiro atoms. The summed E-state index contributed by atoms with van der Waals surface area (Å²) in [6.07, 6.45) is 2.31. The molecule has 1 saturated carbocycles. The van der Waals surface area contributed by atoms with Crippen LogP contribution in [-0.2, 0) is 9.47 Å². The van der Waals surface area contributed by atoms with Gasteiger partial charge in [-0.15, -0.1) is 0 Å². The number of esters is 1. The lowest BCUT2D eigenvalue weighted by atomic mass is 9.84. The van der Waals surface area contributed by atoms with Crippen molar-refractivity contribution in [2.75, 3.05) is 20.5 Å². The Hall–Kier alpha value is -1.53. The maximum absolute atomic E-state index is 11.8. The third kappa shape index (κ3) is 6.36. The van der Waals surface area contributed by atoms with E-state index in [1.54, 1.807) is 18.2 Å². The van der Waals surface area contributed by atoms with Crippen LogP contribution in [0.1, 0.15) is 30.1 Å². The molecule has 0 aliphatic heterocycles. The Kier molecular flexibility index (Phi) is 6.90. The first-order chi connectivity index (χ1) is 11.8. The van der Waals surface area contributed by atoms with E-state index in [4.69, 9.17) is 18.9 Å². The molecule has 1 aliphatic rings. The first kappa shape index (κ1) is 19.8. The first-order valence-corrected chi connectivity index (χ1v) is 12.6. The third-order valence-corrected chi connectivity index (χ3v) is 5.99. The van der Waals surface area contributed by atoms with Gasteiger partial charge in [-0.3, -0.25) is 0 Å². The van der Waals surface area contributed by atoms with Crippen molar-refractivity contribution in [2.24, 2.45) is 5.92 Å². The lowest BCUT2D eigenvalue weighted by molar-refractivity contribution is 0.0154. The molecule has 0 saturated heterocycles. The van der Waals surface area contributed by atoms with E-state index < -0.39 is 14.0 Å². The Morgan fingerprint density at radius 3 is 2.52 bits per heavy atom. The van der Waals surface area contributed by atoms with Gasteiger partial charge in [-0.25, -0.2) is 4.79 Å². The molecule has 1 aromatic rings. The van der Waals surface area contributed by atoms with Gasteiger partial charge >= 0.3 is 5.97 Å². The van der Waals surface area contributed by atoms with Crippen LogP contribution >= 0.6 is 0 Å². The topological polar surface area (TPSA) is 54.0 Å². The van der Waals surface area contributed by atoms with E-state index in [1.165, 1.54) is 7.11 Å². The van der Waals surface area contributed by atoms with Gasteiger partial charge in [-0.05, 0) is 43.0 Å². The highest BCUT2D eigenvalue weighted by Crippen LogP contribution is 2.35. The molecule has 0 heterocycles. The quantitative estimate of drug-likeness (QED) is 0.282. The van der Waals surface area contributed by atoms with Crippen molar-refractivity contribution >= 4 is 14.0 Å². The largest absolute Gasteiger partial charge is 0.487 e. The first-order valence-electron chi connectivity index (χ1n) is 8.88. The van der Waals surface area contributed by atoms with Gasteiger partial charge in [-0.1, -0.05) is 26.6 Å². The zero-order chi connectivity index (χ0) is 18.4. The van der Waals surface area contributed by atoms with Crippen molar-refractivity contribution in [3.8, 4) is 11.5 Å². The maximum Gasteiger partial charge on any atom is 0.337 e. The molecule has 0 aromatic heterocycles. The molecule has 6 heteroatoms. The SMILES string of the molecule is COC(=O)c1ccc(OC2CC(C)C2)c(OCOCC[Si](C)(C)C)c1. The fourth-order valence-corrected chi connectivity index (χ4v) is 3.37. The standard InChI is InChI=1S/C19H30O5Si/c1-14-10-16(11-14)24-17-7-6-15(19(20)21-2)12-18(17)23-13-22-8-9-25(3,4)5/h6-7,12,14,16H,8-11,13H2,1-5H3. The Morgan fingerprint density at radius 1 is 1.20 bits per heavy atom. The number of carbonyl (C=O) groups is 1. The molecular formula is C19H30O5Si. The average Bonchev–Trinajstić information content (AvgIpc) is 2.52. The summed E-state index contributed by atoms with van der Waals surface area (Å²) >= 11 is 0. The molecule has 0 radical (unpaired) electrons. The summed E-state index contributed by atoms with van der Waals surface area (Å²) in [6, 6.07) is 6.21. The molecule has 1 aromatic carbocycles. The normalized spacial score (nSPS) is 19.9. The lowest BCUT2D eigenvalue weighted by Crippen LogP contribution is -2.32. The van der Waals surface area contributed by atoms with Crippen molar-refractivity contribution in [1.82, 2.24) is 0 Å². The number of hydrogen-bond acceptors (Lipinski definition) is 5. The van der Waals surface area contributed by atoms with Gasteiger partial charge in [0.1, 0.15) is 0 Å². The van der Waals surface area contributed by atoms with Gasteiger partial charge in [0.15, 0.2) is 18.3 Å². The van der Waals surface area contributed by atoms with Crippen LogP contribution in [0.5, 0.6) is 11.5 Å². The van der Waals surface area contributed by atoms with E-state index in [0.717, 1.165) is 18.9 Å². The summed E-state index contributed by atoms with van der Waals surface area (Å²) < 4.78 is 22.1. The summed E-state index contributed by atoms with van der Waals surface area (Å²) in [5.41, 5.74) is 0.439. The Bertz CT molecular complexity index is 576. The third-order valence-electron chi connectivity index (χ3n) is 4.28. The van der Waals surface area contributed by atoms with Gasteiger partial charge in [0.2, 0.25) is 0 Å². The van der Waals surface area contributed by atoms with E-state index >= 15 is 0 Å². The van der Waals surface area contributed by atoms with Crippen LogP contribution in [-0.4, -0.2) is 40.7 Å². The number of methoxy groups -OCH3 is 1. The monoisotopic (exact) mass is 366 g/mol. The van der Waals surface area contributed by atoms with Gasteiger partial charge in [0.25, 0.3) is 0 Å². The fourth-order valence-electron chi connectivity index (χ4n) is 2.61. The van der Waals surface area contributed by atoms with Crippen LogP contribution < -0.4 is 9.47 Å². The summed E-state index contributed by atoms with van der Waals surface area (Å²) in [4.78, 5) is 11.8. The molecule has 2 rings (SSSR count). The number of rotatable bonds is 9. The summed E-state index contributed by atoms with van der Waals surface area (Å²) in [6.45, 7) is 9.97. The van der Waals surface area contributed by atoms with Crippen molar-refractivity contribution in [1.29, 1.82) is 0 Å². The van der Waals surface area contributed by atoms with Crippen LogP contribution in [0.4, 0.5) is 0 Å². The lowest BCUT2D eigenvalue weighted by Gasteiger charge is -2.33. The molecular weight excluding hydrogens is 336 g/mol. The Labute approximate surface area is 151 Å². The Morgan fingerprint density at radius 2 is 1.92 bits per heavy atom. The van der Waals surface area contributed by atoms with E-state index in [1.807, 2.05) is 0 Å². The second kappa shape index (κ2) is 8.72. The zero-order valence-corrected chi connectivity index (χ0v) is 17.0. The predicted molar refractivity (Wildman–Crippen MR) is 100 cm³/mol. The van der Waals surface area contributed by atoms with E-state index in [0.29, 0.717) is 29.6 Å². The molecule has 1 fully saturated rings. The highest BCUT2D eigenvalue weighted by atomic mass is 28.3. The molecule has 0 bridgehead atoms. The van der Waals surface area contributed by atoms with Crippen LogP contribution in [0.25, 0.3) is 0 Å². The Balaban J connectivity index is 1.97. The minimum absolute atomic E-state index is 0.145. The van der Waals surface area contributed by atoms with E-state index in [9.17, 15) is 4.79 Å². The average molecular weight is 367 g/mol. The van der Waals surface area contributed by atoms with E-state index in [-0.39, 0.29) is 12.9 Å². The predicted octanol–water partition coefficient (Wildman–Crippen LogP) is 4.34. The molecule has 25 heavy (non-hydrogen) atoms. The molecule has 1 aliphatic carbocycles. The minimum Gasteiger partial charge on any atom is -0.487 e. The van der Waals surface area contributed by atoms with Crippen molar-refractivity contribution in [3.63, 3.8) is 0 Å². The van der Waals surface area contributed by atoms with Crippen LogP contribution in [0, 0.1) is 5.92 Å². The summed E-state index contributed by atoms with van der Waals surface area (Å²) in [5, 5.41) is 0. The number of ether oxygens (including phenoxy) is 4. The van der Waals surface area contributed by atoms with E-state index in [2.05, 4.69) is 26.6 Å². The second-order valence-electron chi connectivity index (χ2n) is 7.95. The highest BCUT2D eigenvalue weighted by Gasteiger charge is 2.28. The molecule has 5 nitrogen and oxygen atoms in total. The summed E-state index contributed by atoms with van der Waals surface area (Å²) in [7, 11) is 0.245. The highest BCUT2D eigenvalue weighted by molar-refractivity contribution is 6.76.